The second-order valence-electron chi connectivity index (χ2n) is 6.40. The van der Waals surface area contributed by atoms with Crippen molar-refractivity contribution >= 4 is 17.9 Å². The number of benzene rings is 1. The fourth-order valence-corrected chi connectivity index (χ4v) is 3.57. The molecular formula is C17H23ClN2O. The van der Waals surface area contributed by atoms with Crippen LogP contribution in [0.5, 0.6) is 0 Å². The van der Waals surface area contributed by atoms with Gasteiger partial charge in [0.25, 0.3) is 0 Å². The number of piperidine rings is 1. The number of carbonyl (C=O) groups excluding carboxylic acids is 1. The normalized spacial score (nSPS) is 21.2. The molecule has 2 saturated heterocycles. The van der Waals surface area contributed by atoms with Crippen LogP contribution in [0.15, 0.2) is 12.1 Å². The molecule has 1 aromatic carbocycles. The predicted octanol–water partition coefficient (Wildman–Crippen LogP) is 2.75. The molecule has 4 heteroatoms. The summed E-state index contributed by atoms with van der Waals surface area (Å²) in [5, 5.41) is 4.21. The minimum Gasteiger partial charge on any atom is -0.315 e. The minimum absolute atomic E-state index is 0.256. The predicted molar refractivity (Wildman–Crippen MR) is 85.9 cm³/mol. The number of halogens is 1. The first-order valence-electron chi connectivity index (χ1n) is 7.84. The van der Waals surface area contributed by atoms with E-state index >= 15 is 0 Å². The highest BCUT2D eigenvalue weighted by Crippen LogP contribution is 2.30. The maximum absolute atomic E-state index is 10.8. The number of carbonyl (C=O) groups is 1. The number of rotatable bonds is 4. The Morgan fingerprint density at radius 1 is 1.33 bits per heavy atom. The van der Waals surface area contributed by atoms with Gasteiger partial charge in [-0.2, -0.15) is 0 Å². The first-order valence-corrected chi connectivity index (χ1v) is 8.22. The van der Waals surface area contributed by atoms with Gasteiger partial charge in [-0.1, -0.05) is 17.7 Å². The van der Waals surface area contributed by atoms with Gasteiger partial charge in [-0.3, -0.25) is 4.90 Å². The van der Waals surface area contributed by atoms with Gasteiger partial charge in [0.05, 0.1) is 0 Å². The Kier molecular flexibility index (Phi) is 4.63. The van der Waals surface area contributed by atoms with Crippen LogP contribution in [-0.2, 0) is 11.3 Å². The van der Waals surface area contributed by atoms with Gasteiger partial charge >= 0.3 is 0 Å². The summed E-state index contributed by atoms with van der Waals surface area (Å²) in [7, 11) is 0. The lowest BCUT2D eigenvalue weighted by Crippen LogP contribution is -2.40. The van der Waals surface area contributed by atoms with Gasteiger partial charge in [0, 0.05) is 36.5 Å². The highest BCUT2D eigenvalue weighted by molar-refractivity contribution is 6.31. The molecule has 0 radical (unpaired) electrons. The van der Waals surface area contributed by atoms with Crippen molar-refractivity contribution in [1.82, 2.24) is 10.2 Å². The highest BCUT2D eigenvalue weighted by Gasteiger charge is 2.23. The Hall–Kier alpha value is -0.900. The molecule has 0 amide bonds. The largest absolute Gasteiger partial charge is 0.315 e. The molecule has 2 aliphatic heterocycles. The van der Waals surface area contributed by atoms with E-state index in [9.17, 15) is 4.79 Å². The van der Waals surface area contributed by atoms with E-state index in [0.717, 1.165) is 56.9 Å². The molecule has 0 saturated carbocycles. The molecule has 1 N–H and O–H groups in total. The van der Waals surface area contributed by atoms with Crippen molar-refractivity contribution in [3.05, 3.63) is 33.8 Å². The van der Waals surface area contributed by atoms with Gasteiger partial charge in [-0.05, 0) is 55.6 Å². The SMILES string of the molecule is Cc1cc(C2CNC2)cc(Cl)c1CN1CCC(C=O)CC1. The van der Waals surface area contributed by atoms with E-state index in [4.69, 9.17) is 11.6 Å². The molecule has 0 unspecified atom stereocenters. The molecule has 114 valence electrons. The van der Waals surface area contributed by atoms with Gasteiger partial charge in [-0.15, -0.1) is 0 Å². The first-order chi connectivity index (χ1) is 10.2. The lowest BCUT2D eigenvalue weighted by molar-refractivity contribution is -0.112. The Balaban J connectivity index is 1.69. The molecule has 2 heterocycles. The molecule has 21 heavy (non-hydrogen) atoms. The number of aryl methyl sites for hydroxylation is 1. The van der Waals surface area contributed by atoms with Crippen LogP contribution in [0.1, 0.15) is 35.4 Å². The minimum atomic E-state index is 0.256. The third kappa shape index (κ3) is 3.31. The molecule has 1 aromatic rings. The van der Waals surface area contributed by atoms with E-state index in [1.165, 1.54) is 16.7 Å². The summed E-state index contributed by atoms with van der Waals surface area (Å²) in [4.78, 5) is 13.2. The Labute approximate surface area is 131 Å². The average molecular weight is 307 g/mol. The number of nitrogens with one attached hydrogen (secondary N) is 1. The fraction of sp³-hybridized carbons (Fsp3) is 0.588. The molecule has 0 spiro atoms. The van der Waals surface area contributed by atoms with Gasteiger partial charge in [-0.25, -0.2) is 0 Å². The van der Waals surface area contributed by atoms with Crippen molar-refractivity contribution < 1.29 is 4.79 Å². The van der Waals surface area contributed by atoms with Crippen molar-refractivity contribution in [3.63, 3.8) is 0 Å². The summed E-state index contributed by atoms with van der Waals surface area (Å²) in [6, 6.07) is 4.44. The van der Waals surface area contributed by atoms with Crippen molar-refractivity contribution in [1.29, 1.82) is 0 Å². The van der Waals surface area contributed by atoms with Crippen molar-refractivity contribution in [2.75, 3.05) is 26.2 Å². The van der Waals surface area contributed by atoms with Crippen LogP contribution in [0, 0.1) is 12.8 Å². The van der Waals surface area contributed by atoms with Gasteiger partial charge in [0.15, 0.2) is 0 Å². The monoisotopic (exact) mass is 306 g/mol. The number of hydrogen-bond donors (Lipinski definition) is 1. The van der Waals surface area contributed by atoms with Crippen LogP contribution >= 0.6 is 11.6 Å². The van der Waals surface area contributed by atoms with E-state index in [0.29, 0.717) is 5.92 Å². The molecule has 2 aliphatic rings. The second kappa shape index (κ2) is 6.47. The molecule has 0 atom stereocenters. The van der Waals surface area contributed by atoms with E-state index in [1.807, 2.05) is 0 Å². The highest BCUT2D eigenvalue weighted by atomic mass is 35.5. The summed E-state index contributed by atoms with van der Waals surface area (Å²) in [5.41, 5.74) is 3.90. The second-order valence-corrected chi connectivity index (χ2v) is 6.81. The lowest BCUT2D eigenvalue weighted by Gasteiger charge is -2.31. The topological polar surface area (TPSA) is 32.3 Å². The molecule has 3 rings (SSSR count). The molecule has 0 aromatic heterocycles. The van der Waals surface area contributed by atoms with Crippen molar-refractivity contribution in [3.8, 4) is 0 Å². The first kappa shape index (κ1) is 15.0. The molecule has 0 aliphatic carbocycles. The van der Waals surface area contributed by atoms with E-state index in [-0.39, 0.29) is 5.92 Å². The van der Waals surface area contributed by atoms with Gasteiger partial charge < -0.3 is 10.1 Å². The van der Waals surface area contributed by atoms with E-state index in [2.05, 4.69) is 29.3 Å². The lowest BCUT2D eigenvalue weighted by atomic mass is 9.90. The molecule has 2 fully saturated rings. The number of likely N-dealkylation sites (tertiary alicyclic amines) is 1. The zero-order valence-corrected chi connectivity index (χ0v) is 13.3. The summed E-state index contributed by atoms with van der Waals surface area (Å²) in [6.07, 6.45) is 3.06. The van der Waals surface area contributed by atoms with Crippen LogP contribution in [-0.4, -0.2) is 37.4 Å². The number of aldehydes is 1. The van der Waals surface area contributed by atoms with Crippen LogP contribution < -0.4 is 5.32 Å². The van der Waals surface area contributed by atoms with Gasteiger partial charge in [0.2, 0.25) is 0 Å². The number of nitrogens with zero attached hydrogens (tertiary/aromatic N) is 1. The standard InChI is InChI=1S/C17H23ClN2O/c1-12-6-14(15-8-19-9-15)7-17(18)16(12)10-20-4-2-13(11-21)3-5-20/h6-7,11,13,15,19H,2-5,8-10H2,1H3. The molecule has 3 nitrogen and oxygen atoms in total. The Bertz CT molecular complexity index is 497. The van der Waals surface area contributed by atoms with E-state index < -0.39 is 0 Å². The third-order valence-electron chi connectivity index (χ3n) is 4.90. The Morgan fingerprint density at radius 3 is 2.57 bits per heavy atom. The Morgan fingerprint density at radius 2 is 2.05 bits per heavy atom. The van der Waals surface area contributed by atoms with Crippen LogP contribution in [0.25, 0.3) is 0 Å². The van der Waals surface area contributed by atoms with Crippen LogP contribution in [0.2, 0.25) is 5.02 Å². The van der Waals surface area contributed by atoms with Crippen LogP contribution in [0.3, 0.4) is 0 Å². The van der Waals surface area contributed by atoms with Gasteiger partial charge in [0.1, 0.15) is 6.29 Å². The average Bonchev–Trinajstić information content (AvgIpc) is 2.42. The third-order valence-corrected chi connectivity index (χ3v) is 5.24. The zero-order valence-electron chi connectivity index (χ0n) is 12.6. The summed E-state index contributed by atoms with van der Waals surface area (Å²) >= 11 is 6.53. The van der Waals surface area contributed by atoms with E-state index in [1.54, 1.807) is 0 Å². The van der Waals surface area contributed by atoms with Crippen molar-refractivity contribution in [2.24, 2.45) is 5.92 Å². The quantitative estimate of drug-likeness (QED) is 0.868. The van der Waals surface area contributed by atoms with Crippen molar-refractivity contribution in [2.45, 2.75) is 32.2 Å². The molecule has 0 bridgehead atoms. The summed E-state index contributed by atoms with van der Waals surface area (Å²) in [6.45, 7) is 7.18. The summed E-state index contributed by atoms with van der Waals surface area (Å²) < 4.78 is 0. The fourth-order valence-electron chi connectivity index (χ4n) is 3.23. The maximum Gasteiger partial charge on any atom is 0.123 e. The maximum atomic E-state index is 10.8. The van der Waals surface area contributed by atoms with Crippen LogP contribution in [0.4, 0.5) is 0 Å². The smallest absolute Gasteiger partial charge is 0.123 e. The number of hydrogen-bond acceptors (Lipinski definition) is 3. The molecular weight excluding hydrogens is 284 g/mol. The summed E-state index contributed by atoms with van der Waals surface area (Å²) in [5.74, 6) is 0.880. The zero-order chi connectivity index (χ0) is 14.8.